The lowest BCUT2D eigenvalue weighted by Gasteiger charge is -2.21. The van der Waals surface area contributed by atoms with Crippen molar-refractivity contribution < 1.29 is 12.8 Å². The molecule has 4 nitrogen and oxygen atoms in total. The summed E-state index contributed by atoms with van der Waals surface area (Å²) in [6.07, 6.45) is 3.08. The molecule has 4 aromatic rings. The van der Waals surface area contributed by atoms with E-state index in [0.717, 1.165) is 26.4 Å². The molecular formula is C16H8BrNO3S. The maximum absolute atomic E-state index is 13.1. The summed E-state index contributed by atoms with van der Waals surface area (Å²) in [6.45, 7) is 0. The Hall–Kier alpha value is -2.05. The van der Waals surface area contributed by atoms with Gasteiger partial charge in [0.05, 0.1) is 10.4 Å². The van der Waals surface area contributed by atoms with Gasteiger partial charge in [-0.3, -0.25) is 0 Å². The Morgan fingerprint density at radius 2 is 1.82 bits per heavy atom. The molecule has 0 saturated heterocycles. The molecule has 3 heterocycles. The lowest BCUT2D eigenvalue weighted by atomic mass is 10.0. The SMILES string of the molecule is O=S1(=O)c2cccc(Br)c2-c2cccc3c4cocc4n1c23. The fourth-order valence-electron chi connectivity index (χ4n) is 3.28. The second-order valence-corrected chi connectivity index (χ2v) is 7.86. The van der Waals surface area contributed by atoms with Crippen LogP contribution in [-0.2, 0) is 10.0 Å². The topological polar surface area (TPSA) is 52.2 Å². The van der Waals surface area contributed by atoms with Crippen molar-refractivity contribution in [3.8, 4) is 11.1 Å². The van der Waals surface area contributed by atoms with Crippen LogP contribution in [-0.4, -0.2) is 12.4 Å². The van der Waals surface area contributed by atoms with E-state index in [4.69, 9.17) is 4.42 Å². The monoisotopic (exact) mass is 373 g/mol. The predicted octanol–water partition coefficient (Wildman–Crippen LogP) is 4.37. The molecule has 0 amide bonds. The summed E-state index contributed by atoms with van der Waals surface area (Å²) >= 11 is 3.49. The molecular weight excluding hydrogens is 366 g/mol. The summed E-state index contributed by atoms with van der Waals surface area (Å²) in [4.78, 5) is 0.306. The minimum absolute atomic E-state index is 0.306. The van der Waals surface area contributed by atoms with Crippen molar-refractivity contribution in [2.45, 2.75) is 4.90 Å². The quantitative estimate of drug-likeness (QED) is 0.405. The van der Waals surface area contributed by atoms with Gasteiger partial charge >= 0.3 is 0 Å². The van der Waals surface area contributed by atoms with E-state index in [2.05, 4.69) is 15.9 Å². The smallest absolute Gasteiger partial charge is 0.269 e. The zero-order valence-electron chi connectivity index (χ0n) is 11.1. The van der Waals surface area contributed by atoms with Crippen LogP contribution in [0.4, 0.5) is 0 Å². The highest BCUT2D eigenvalue weighted by Gasteiger charge is 2.34. The van der Waals surface area contributed by atoms with Gasteiger partial charge in [-0.15, -0.1) is 0 Å². The van der Waals surface area contributed by atoms with Crippen molar-refractivity contribution >= 4 is 47.8 Å². The molecule has 1 aliphatic heterocycles. The van der Waals surface area contributed by atoms with Crippen molar-refractivity contribution in [1.29, 1.82) is 0 Å². The van der Waals surface area contributed by atoms with Crippen molar-refractivity contribution in [3.05, 3.63) is 53.4 Å². The minimum Gasteiger partial charge on any atom is -0.470 e. The molecule has 0 saturated carbocycles. The number of nitrogens with zero attached hydrogens (tertiary/aromatic N) is 1. The zero-order chi connectivity index (χ0) is 15.1. The first-order valence-electron chi connectivity index (χ1n) is 6.64. The molecule has 0 unspecified atom stereocenters. The number of hydrogen-bond acceptors (Lipinski definition) is 3. The second-order valence-electron chi connectivity index (χ2n) is 5.25. The van der Waals surface area contributed by atoms with E-state index in [1.807, 2.05) is 24.3 Å². The normalized spacial score (nSPS) is 15.3. The van der Waals surface area contributed by atoms with Crippen molar-refractivity contribution in [3.63, 3.8) is 0 Å². The molecule has 0 aliphatic carbocycles. The molecule has 0 fully saturated rings. The number of fused-ring (bicyclic) bond motifs is 5. The van der Waals surface area contributed by atoms with E-state index in [-0.39, 0.29) is 0 Å². The molecule has 108 valence electrons. The maximum Gasteiger partial charge on any atom is 0.269 e. The van der Waals surface area contributed by atoms with E-state index < -0.39 is 10.0 Å². The highest BCUT2D eigenvalue weighted by atomic mass is 79.9. The molecule has 2 aromatic heterocycles. The summed E-state index contributed by atoms with van der Waals surface area (Å²) in [7, 11) is -3.66. The maximum atomic E-state index is 13.1. The summed E-state index contributed by atoms with van der Waals surface area (Å²) in [5.41, 5.74) is 2.92. The molecule has 6 heteroatoms. The van der Waals surface area contributed by atoms with Crippen LogP contribution in [0.2, 0.25) is 0 Å². The third-order valence-corrected chi connectivity index (χ3v) is 6.57. The number of furan rings is 1. The van der Waals surface area contributed by atoms with Gasteiger partial charge in [0.2, 0.25) is 0 Å². The van der Waals surface area contributed by atoms with Gasteiger partial charge in [-0.1, -0.05) is 40.2 Å². The largest absolute Gasteiger partial charge is 0.470 e. The average molecular weight is 374 g/mol. The third kappa shape index (κ3) is 1.26. The number of benzene rings is 2. The summed E-state index contributed by atoms with van der Waals surface area (Å²) in [5, 5.41) is 1.69. The minimum atomic E-state index is -3.66. The molecule has 0 N–H and O–H groups in total. The number of rotatable bonds is 0. The van der Waals surface area contributed by atoms with Crippen LogP contribution in [0.15, 0.2) is 62.7 Å². The second kappa shape index (κ2) is 3.83. The van der Waals surface area contributed by atoms with E-state index in [1.165, 1.54) is 10.2 Å². The number of para-hydroxylation sites is 1. The Balaban J connectivity index is 2.19. The van der Waals surface area contributed by atoms with Crippen LogP contribution in [0.3, 0.4) is 0 Å². The Labute approximate surface area is 134 Å². The summed E-state index contributed by atoms with van der Waals surface area (Å²) in [5.74, 6) is 0. The first-order chi connectivity index (χ1) is 10.6. The van der Waals surface area contributed by atoms with Crippen molar-refractivity contribution in [2.75, 3.05) is 0 Å². The van der Waals surface area contributed by atoms with Gasteiger partial charge in [0, 0.05) is 26.4 Å². The van der Waals surface area contributed by atoms with Crippen molar-refractivity contribution in [1.82, 2.24) is 3.97 Å². The van der Waals surface area contributed by atoms with Crippen LogP contribution >= 0.6 is 15.9 Å². The first-order valence-corrected chi connectivity index (χ1v) is 8.88. The fourth-order valence-corrected chi connectivity index (χ4v) is 5.75. The summed E-state index contributed by atoms with van der Waals surface area (Å²) in [6, 6.07) is 11.1. The van der Waals surface area contributed by atoms with E-state index in [0.29, 0.717) is 15.9 Å². The zero-order valence-corrected chi connectivity index (χ0v) is 13.5. The highest BCUT2D eigenvalue weighted by Crippen LogP contribution is 2.46. The van der Waals surface area contributed by atoms with Gasteiger partial charge in [0.1, 0.15) is 18.0 Å². The third-order valence-electron chi connectivity index (χ3n) is 4.15. The van der Waals surface area contributed by atoms with Crippen LogP contribution in [0.5, 0.6) is 0 Å². The number of halogens is 1. The molecule has 0 bridgehead atoms. The van der Waals surface area contributed by atoms with Gasteiger partial charge in [0.15, 0.2) is 0 Å². The van der Waals surface area contributed by atoms with Crippen LogP contribution in [0.25, 0.3) is 32.9 Å². The van der Waals surface area contributed by atoms with Gasteiger partial charge in [-0.25, -0.2) is 12.4 Å². The number of hydrogen-bond donors (Lipinski definition) is 0. The molecule has 0 radical (unpaired) electrons. The van der Waals surface area contributed by atoms with Crippen molar-refractivity contribution in [2.24, 2.45) is 0 Å². The molecule has 0 spiro atoms. The van der Waals surface area contributed by atoms with E-state index >= 15 is 0 Å². The van der Waals surface area contributed by atoms with Gasteiger partial charge in [-0.2, -0.15) is 0 Å². The Morgan fingerprint density at radius 3 is 2.68 bits per heavy atom. The Morgan fingerprint density at radius 1 is 1.00 bits per heavy atom. The lowest BCUT2D eigenvalue weighted by Crippen LogP contribution is -2.17. The average Bonchev–Trinajstić information content (AvgIpc) is 3.06. The summed E-state index contributed by atoms with van der Waals surface area (Å²) < 4.78 is 33.6. The molecule has 0 atom stereocenters. The predicted molar refractivity (Wildman–Crippen MR) is 87.4 cm³/mol. The molecule has 5 rings (SSSR count). The van der Waals surface area contributed by atoms with Crippen LogP contribution in [0.1, 0.15) is 0 Å². The Kier molecular flexibility index (Phi) is 2.17. The molecule has 22 heavy (non-hydrogen) atoms. The molecule has 1 aliphatic rings. The van der Waals surface area contributed by atoms with Gasteiger partial charge in [-0.05, 0) is 12.1 Å². The highest BCUT2D eigenvalue weighted by molar-refractivity contribution is 9.10. The van der Waals surface area contributed by atoms with Gasteiger partial charge < -0.3 is 4.42 Å². The van der Waals surface area contributed by atoms with Crippen LogP contribution < -0.4 is 0 Å². The number of aromatic nitrogens is 1. The van der Waals surface area contributed by atoms with Crippen LogP contribution in [0, 0.1) is 0 Å². The van der Waals surface area contributed by atoms with E-state index in [1.54, 1.807) is 18.4 Å². The Bertz CT molecular complexity index is 1200. The first kappa shape index (κ1) is 12.5. The fraction of sp³-hybridized carbons (Fsp3) is 0. The van der Waals surface area contributed by atoms with Gasteiger partial charge in [0.25, 0.3) is 10.0 Å². The standard InChI is InChI=1S/C16H8BrNO3S/c17-12-5-2-6-14-15(12)10-4-1-3-9-11-7-21-8-13(11)18(16(9)10)22(14,19)20/h1-8H. The van der Waals surface area contributed by atoms with E-state index in [9.17, 15) is 8.42 Å². The molecule has 2 aromatic carbocycles. The lowest BCUT2D eigenvalue weighted by molar-refractivity contribution is 0.569.